The van der Waals surface area contributed by atoms with Crippen molar-refractivity contribution in [1.82, 2.24) is 9.62 Å². The number of thiophene rings is 1. The first-order valence-corrected chi connectivity index (χ1v) is 10.8. The molecule has 5 nitrogen and oxygen atoms in total. The van der Waals surface area contributed by atoms with Crippen molar-refractivity contribution in [3.8, 4) is 0 Å². The average molecular weight is 351 g/mol. The Morgan fingerprint density at radius 3 is 2.62 bits per heavy atom. The lowest BCUT2D eigenvalue weighted by Crippen LogP contribution is -2.41. The summed E-state index contributed by atoms with van der Waals surface area (Å²) in [5.41, 5.74) is 0. The van der Waals surface area contributed by atoms with Gasteiger partial charge in [-0.15, -0.1) is 11.3 Å². The lowest BCUT2D eigenvalue weighted by Gasteiger charge is -2.24. The van der Waals surface area contributed by atoms with E-state index in [1.807, 2.05) is 6.07 Å². The van der Waals surface area contributed by atoms with E-state index < -0.39 is 20.8 Å². The van der Waals surface area contributed by atoms with Gasteiger partial charge in [0.2, 0.25) is 0 Å². The van der Waals surface area contributed by atoms with Crippen LogP contribution in [0.2, 0.25) is 0 Å². The maximum atomic E-state index is 12.5. The molecule has 2 heterocycles. The van der Waals surface area contributed by atoms with Crippen molar-refractivity contribution in [3.05, 3.63) is 17.0 Å². The molecule has 0 radical (unpaired) electrons. The topological polar surface area (TPSA) is 66.5 Å². The Morgan fingerprint density at radius 2 is 2.00 bits per heavy atom. The molecule has 0 saturated carbocycles. The number of sulfonamides is 1. The van der Waals surface area contributed by atoms with E-state index in [9.17, 15) is 12.6 Å². The van der Waals surface area contributed by atoms with Gasteiger partial charge >= 0.3 is 0 Å². The second kappa shape index (κ2) is 7.32. The van der Waals surface area contributed by atoms with Crippen LogP contribution in [-0.4, -0.2) is 54.1 Å². The van der Waals surface area contributed by atoms with Gasteiger partial charge in [-0.25, -0.2) is 8.42 Å². The van der Waals surface area contributed by atoms with Crippen LogP contribution in [0.5, 0.6) is 0 Å². The van der Waals surface area contributed by atoms with E-state index in [2.05, 4.69) is 19.2 Å². The third-order valence-electron chi connectivity index (χ3n) is 3.29. The van der Waals surface area contributed by atoms with E-state index in [4.69, 9.17) is 0 Å². The van der Waals surface area contributed by atoms with Crippen LogP contribution in [0.3, 0.4) is 0 Å². The van der Waals surface area contributed by atoms with Crippen molar-refractivity contribution in [3.63, 3.8) is 0 Å². The summed E-state index contributed by atoms with van der Waals surface area (Å²) in [6.07, 6.45) is 0.836. The lowest BCUT2D eigenvalue weighted by molar-refractivity contribution is 0.440. The molecular formula is C13H22N2O3S3. The molecule has 0 amide bonds. The molecule has 0 bridgehead atoms. The van der Waals surface area contributed by atoms with E-state index in [1.165, 1.54) is 15.6 Å². The van der Waals surface area contributed by atoms with Gasteiger partial charge in [-0.3, -0.25) is 4.21 Å². The van der Waals surface area contributed by atoms with Gasteiger partial charge in [0.25, 0.3) is 10.0 Å². The molecule has 120 valence electrons. The normalized spacial score (nSPS) is 18.4. The summed E-state index contributed by atoms with van der Waals surface area (Å²) in [5, 5.41) is 3.32. The predicted molar refractivity (Wildman–Crippen MR) is 87.8 cm³/mol. The van der Waals surface area contributed by atoms with Crippen molar-refractivity contribution >= 4 is 32.2 Å². The van der Waals surface area contributed by atoms with Gasteiger partial charge in [-0.2, -0.15) is 4.31 Å². The van der Waals surface area contributed by atoms with Gasteiger partial charge in [-0.05, 0) is 18.6 Å². The van der Waals surface area contributed by atoms with E-state index in [1.54, 1.807) is 6.07 Å². The minimum absolute atomic E-state index is 0.358. The number of nitrogens with one attached hydrogen (secondary N) is 1. The number of hydrogen-bond acceptors (Lipinski definition) is 5. The summed E-state index contributed by atoms with van der Waals surface area (Å²) in [5.74, 6) is 0.880. The fourth-order valence-corrected chi connectivity index (χ4v) is 6.34. The Morgan fingerprint density at radius 1 is 1.33 bits per heavy atom. The molecule has 0 atom stereocenters. The van der Waals surface area contributed by atoms with Crippen LogP contribution >= 0.6 is 11.3 Å². The zero-order valence-corrected chi connectivity index (χ0v) is 14.8. The highest BCUT2D eigenvalue weighted by molar-refractivity contribution is 7.91. The Labute approximate surface area is 133 Å². The monoisotopic (exact) mass is 350 g/mol. The van der Waals surface area contributed by atoms with Gasteiger partial charge in [-0.1, -0.05) is 13.8 Å². The van der Waals surface area contributed by atoms with Crippen LogP contribution < -0.4 is 5.32 Å². The van der Waals surface area contributed by atoms with Crippen molar-refractivity contribution in [2.24, 2.45) is 0 Å². The van der Waals surface area contributed by atoms with E-state index in [0.29, 0.717) is 34.8 Å². The lowest BCUT2D eigenvalue weighted by atomic mass is 10.3. The second-order valence-electron chi connectivity index (χ2n) is 5.33. The Hall–Kier alpha value is -0.280. The molecule has 1 fully saturated rings. The highest BCUT2D eigenvalue weighted by Gasteiger charge is 2.29. The van der Waals surface area contributed by atoms with Gasteiger partial charge in [0.1, 0.15) is 4.21 Å². The summed E-state index contributed by atoms with van der Waals surface area (Å²) >= 11 is 1.34. The van der Waals surface area contributed by atoms with Gasteiger partial charge < -0.3 is 5.32 Å². The molecule has 0 aliphatic carbocycles. The quantitative estimate of drug-likeness (QED) is 0.832. The Balaban J connectivity index is 2.00. The fourth-order valence-electron chi connectivity index (χ4n) is 2.10. The van der Waals surface area contributed by atoms with Crippen LogP contribution in [0, 0.1) is 0 Å². The predicted octanol–water partition coefficient (Wildman–Crippen LogP) is 1.04. The Kier molecular flexibility index (Phi) is 5.96. The molecule has 21 heavy (non-hydrogen) atoms. The van der Waals surface area contributed by atoms with Gasteiger partial charge in [0.15, 0.2) is 0 Å². The highest BCUT2D eigenvalue weighted by atomic mass is 32.2. The maximum absolute atomic E-state index is 12.5. The average Bonchev–Trinajstić information content (AvgIpc) is 2.88. The summed E-state index contributed by atoms with van der Waals surface area (Å²) in [6, 6.07) is 4.01. The molecular weight excluding hydrogens is 328 g/mol. The minimum atomic E-state index is -3.41. The summed E-state index contributed by atoms with van der Waals surface area (Å²) in [4.78, 5) is 1.07. The molecule has 1 N–H and O–H groups in total. The van der Waals surface area contributed by atoms with E-state index in [0.717, 1.165) is 17.8 Å². The molecule has 0 unspecified atom stereocenters. The van der Waals surface area contributed by atoms with E-state index >= 15 is 0 Å². The first-order valence-electron chi connectivity index (χ1n) is 7.07. The largest absolute Gasteiger partial charge is 0.314 e. The molecule has 1 aliphatic heterocycles. The molecule has 0 spiro atoms. The highest BCUT2D eigenvalue weighted by Crippen LogP contribution is 2.26. The zero-order chi connectivity index (χ0) is 15.5. The van der Waals surface area contributed by atoms with Crippen molar-refractivity contribution in [1.29, 1.82) is 0 Å². The Bertz CT molecular complexity index is 586. The summed E-state index contributed by atoms with van der Waals surface area (Å²) in [6.45, 7) is 5.74. The third kappa shape index (κ3) is 4.59. The van der Waals surface area contributed by atoms with Crippen molar-refractivity contribution < 1.29 is 12.6 Å². The maximum Gasteiger partial charge on any atom is 0.252 e. The molecule has 8 heteroatoms. The smallest absolute Gasteiger partial charge is 0.252 e. The van der Waals surface area contributed by atoms with Crippen LogP contribution in [0.4, 0.5) is 0 Å². The molecule has 1 saturated heterocycles. The number of rotatable bonds is 6. The first-order chi connectivity index (χ1) is 9.89. The molecule has 1 aromatic heterocycles. The van der Waals surface area contributed by atoms with Crippen molar-refractivity contribution in [2.75, 3.05) is 31.1 Å². The molecule has 1 aromatic rings. The van der Waals surface area contributed by atoms with Crippen LogP contribution in [0.1, 0.15) is 18.7 Å². The molecule has 0 aromatic carbocycles. The first kappa shape index (κ1) is 17.1. The number of hydrogen-bond donors (Lipinski definition) is 1. The summed E-state index contributed by atoms with van der Waals surface area (Å²) < 4.78 is 38.2. The van der Waals surface area contributed by atoms with Gasteiger partial charge in [0, 0.05) is 52.9 Å². The van der Waals surface area contributed by atoms with Gasteiger partial charge in [0.05, 0.1) is 0 Å². The van der Waals surface area contributed by atoms with Crippen LogP contribution in [-0.2, 0) is 27.2 Å². The molecule has 1 aliphatic rings. The van der Waals surface area contributed by atoms with Crippen LogP contribution in [0.25, 0.3) is 0 Å². The minimum Gasteiger partial charge on any atom is -0.314 e. The van der Waals surface area contributed by atoms with Crippen molar-refractivity contribution in [2.45, 2.75) is 30.5 Å². The SMILES string of the molecule is CC(C)NCCc1ccc(S(=O)(=O)N2CCS(=O)CC2)s1. The number of nitrogens with zero attached hydrogens (tertiary/aromatic N) is 1. The fraction of sp³-hybridized carbons (Fsp3) is 0.692. The van der Waals surface area contributed by atoms with E-state index in [-0.39, 0.29) is 0 Å². The van der Waals surface area contributed by atoms with Crippen LogP contribution in [0.15, 0.2) is 16.3 Å². The molecule has 2 rings (SSSR count). The zero-order valence-electron chi connectivity index (χ0n) is 12.4. The standard InChI is InChI=1S/C13H22N2O3S3/c1-11(2)14-6-5-12-3-4-13(19-12)21(17,18)15-7-9-20(16)10-8-15/h3-4,11,14H,5-10H2,1-2H3. The third-order valence-corrected chi connectivity index (χ3v) is 8.08. The summed E-state index contributed by atoms with van der Waals surface area (Å²) in [7, 11) is -4.28. The second-order valence-corrected chi connectivity index (χ2v) is 10.4.